The van der Waals surface area contributed by atoms with Gasteiger partial charge in [0.05, 0.1) is 11.1 Å². The molecule has 0 fully saturated rings. The van der Waals surface area contributed by atoms with Crippen LogP contribution in [0.1, 0.15) is 31.8 Å². The van der Waals surface area contributed by atoms with E-state index in [9.17, 15) is 18.0 Å². The molecule has 0 aliphatic rings. The summed E-state index contributed by atoms with van der Waals surface area (Å²) in [6.07, 6.45) is 0. The predicted molar refractivity (Wildman–Crippen MR) is 59.6 cm³/mol. The van der Waals surface area contributed by atoms with Crippen molar-refractivity contribution in [2.24, 2.45) is 0 Å². The third-order valence-electron chi connectivity index (χ3n) is 2.50. The fourth-order valence-corrected chi connectivity index (χ4v) is 2.50. The van der Waals surface area contributed by atoms with Gasteiger partial charge in [0.25, 0.3) is 10.1 Å². The van der Waals surface area contributed by atoms with Crippen molar-refractivity contribution >= 4 is 22.1 Å². The number of hydrogen-bond donors (Lipinski definition) is 3. The molecule has 1 aromatic rings. The molecule has 0 saturated carbocycles. The van der Waals surface area contributed by atoms with Gasteiger partial charge in [-0.15, -0.1) is 0 Å². The van der Waals surface area contributed by atoms with Gasteiger partial charge in [-0.3, -0.25) is 4.55 Å². The number of carbonyl (C=O) groups is 2. The zero-order chi connectivity index (χ0) is 14.2. The van der Waals surface area contributed by atoms with E-state index in [2.05, 4.69) is 0 Å². The van der Waals surface area contributed by atoms with Gasteiger partial charge in [-0.05, 0) is 31.0 Å². The third kappa shape index (κ3) is 2.34. The average molecular weight is 274 g/mol. The molecule has 0 unspecified atom stereocenters. The Labute approximate surface area is 102 Å². The van der Waals surface area contributed by atoms with Crippen LogP contribution in [0.2, 0.25) is 0 Å². The highest BCUT2D eigenvalue weighted by Gasteiger charge is 2.30. The van der Waals surface area contributed by atoms with Crippen LogP contribution in [-0.2, 0) is 10.1 Å². The zero-order valence-corrected chi connectivity index (χ0v) is 10.3. The second-order valence-electron chi connectivity index (χ2n) is 3.66. The van der Waals surface area contributed by atoms with Crippen molar-refractivity contribution in [3.05, 3.63) is 28.3 Å². The van der Waals surface area contributed by atoms with E-state index in [-0.39, 0.29) is 5.56 Å². The first-order chi connectivity index (χ1) is 8.07. The monoisotopic (exact) mass is 274 g/mol. The molecule has 3 N–H and O–H groups in total. The predicted octanol–water partition coefficient (Wildman–Crippen LogP) is 0.947. The van der Waals surface area contributed by atoms with E-state index in [4.69, 9.17) is 14.8 Å². The topological polar surface area (TPSA) is 129 Å². The summed E-state index contributed by atoms with van der Waals surface area (Å²) < 4.78 is 31.4. The smallest absolute Gasteiger partial charge is 0.337 e. The summed E-state index contributed by atoms with van der Waals surface area (Å²) in [5, 5.41) is 17.9. The first-order valence-corrected chi connectivity index (χ1v) is 6.09. The van der Waals surface area contributed by atoms with Crippen LogP contribution in [0.4, 0.5) is 0 Å². The van der Waals surface area contributed by atoms with E-state index in [1.54, 1.807) is 0 Å². The number of aromatic carboxylic acids is 2. The van der Waals surface area contributed by atoms with E-state index in [1.807, 2.05) is 0 Å². The number of carboxylic acid groups (broad SMARTS) is 2. The average Bonchev–Trinajstić information content (AvgIpc) is 2.18. The highest BCUT2D eigenvalue weighted by atomic mass is 32.2. The highest BCUT2D eigenvalue weighted by molar-refractivity contribution is 7.86. The lowest BCUT2D eigenvalue weighted by molar-refractivity contribution is 0.0688. The summed E-state index contributed by atoms with van der Waals surface area (Å²) in [6, 6.07) is 1.01. The Bertz CT molecular complexity index is 643. The quantitative estimate of drug-likeness (QED) is 0.699. The summed E-state index contributed by atoms with van der Waals surface area (Å²) in [5.41, 5.74) is -1.11. The van der Waals surface area contributed by atoms with Gasteiger partial charge in [-0.25, -0.2) is 9.59 Å². The van der Waals surface area contributed by atoms with Crippen LogP contribution >= 0.6 is 0 Å². The Morgan fingerprint density at radius 1 is 1.11 bits per heavy atom. The number of aryl methyl sites for hydroxylation is 1. The molecule has 1 aromatic carbocycles. The van der Waals surface area contributed by atoms with Gasteiger partial charge < -0.3 is 10.2 Å². The number of rotatable bonds is 3. The van der Waals surface area contributed by atoms with Crippen molar-refractivity contribution < 1.29 is 32.8 Å². The second kappa shape index (κ2) is 4.39. The lowest BCUT2D eigenvalue weighted by Gasteiger charge is -2.12. The molecular weight excluding hydrogens is 264 g/mol. The molecule has 18 heavy (non-hydrogen) atoms. The SMILES string of the molecule is Cc1cc(C(=O)O)c(S(=O)(=O)O)c(C(=O)O)c1C. The van der Waals surface area contributed by atoms with Crippen LogP contribution in [0, 0.1) is 13.8 Å². The van der Waals surface area contributed by atoms with Crippen molar-refractivity contribution in [1.82, 2.24) is 0 Å². The zero-order valence-electron chi connectivity index (χ0n) is 9.46. The first-order valence-electron chi connectivity index (χ1n) is 4.65. The van der Waals surface area contributed by atoms with Crippen LogP contribution < -0.4 is 0 Å². The lowest BCUT2D eigenvalue weighted by Crippen LogP contribution is -2.17. The van der Waals surface area contributed by atoms with Gasteiger partial charge in [0, 0.05) is 0 Å². The second-order valence-corrected chi connectivity index (χ2v) is 5.01. The number of carboxylic acids is 2. The van der Waals surface area contributed by atoms with Gasteiger partial charge in [0.1, 0.15) is 4.90 Å². The molecule has 0 heterocycles. The molecule has 0 aliphatic heterocycles. The van der Waals surface area contributed by atoms with E-state index < -0.39 is 38.1 Å². The maximum Gasteiger partial charge on any atom is 0.337 e. The number of benzene rings is 1. The number of hydrogen-bond acceptors (Lipinski definition) is 4. The molecule has 98 valence electrons. The largest absolute Gasteiger partial charge is 0.478 e. The van der Waals surface area contributed by atoms with E-state index in [0.29, 0.717) is 5.56 Å². The molecule has 0 bridgehead atoms. The fraction of sp³-hybridized carbons (Fsp3) is 0.200. The third-order valence-corrected chi connectivity index (χ3v) is 3.44. The Hall–Kier alpha value is -1.93. The molecule has 0 radical (unpaired) electrons. The molecule has 0 atom stereocenters. The van der Waals surface area contributed by atoms with Crippen LogP contribution in [0.15, 0.2) is 11.0 Å². The van der Waals surface area contributed by atoms with Crippen molar-refractivity contribution in [3.8, 4) is 0 Å². The van der Waals surface area contributed by atoms with E-state index in [1.165, 1.54) is 13.8 Å². The molecule has 8 heteroatoms. The Balaban J connectivity index is 4.00. The minimum atomic E-state index is -4.96. The van der Waals surface area contributed by atoms with Crippen molar-refractivity contribution in [2.45, 2.75) is 18.7 Å². The van der Waals surface area contributed by atoms with Gasteiger partial charge >= 0.3 is 11.9 Å². The molecule has 0 aromatic heterocycles. The normalized spacial score (nSPS) is 11.3. The maximum absolute atomic E-state index is 11.2. The minimum absolute atomic E-state index is 0.0834. The summed E-state index contributed by atoms with van der Waals surface area (Å²) in [7, 11) is -4.96. The molecule has 7 nitrogen and oxygen atoms in total. The standard InChI is InChI=1S/C10H10O7S/c1-4-3-6(9(11)12)8(18(15,16)17)7(5(4)2)10(13)14/h3H,1-2H3,(H,11,12)(H,13,14)(H,15,16,17). The highest BCUT2D eigenvalue weighted by Crippen LogP contribution is 2.27. The molecular formula is C10H10O7S. The van der Waals surface area contributed by atoms with Gasteiger partial charge in [0.2, 0.25) is 0 Å². The van der Waals surface area contributed by atoms with Gasteiger partial charge in [-0.1, -0.05) is 0 Å². The molecule has 1 rings (SSSR count). The lowest BCUT2D eigenvalue weighted by atomic mass is 9.99. The van der Waals surface area contributed by atoms with E-state index >= 15 is 0 Å². The minimum Gasteiger partial charge on any atom is -0.478 e. The summed E-state index contributed by atoms with van der Waals surface area (Å²) in [6.45, 7) is 2.78. The molecule has 0 aliphatic carbocycles. The maximum atomic E-state index is 11.2. The van der Waals surface area contributed by atoms with Crippen LogP contribution in [0.25, 0.3) is 0 Å². The van der Waals surface area contributed by atoms with Crippen LogP contribution in [0.3, 0.4) is 0 Å². The van der Waals surface area contributed by atoms with Gasteiger partial charge in [0.15, 0.2) is 0 Å². The van der Waals surface area contributed by atoms with Crippen LogP contribution in [-0.4, -0.2) is 35.1 Å². The summed E-state index contributed by atoms with van der Waals surface area (Å²) >= 11 is 0. The van der Waals surface area contributed by atoms with E-state index in [0.717, 1.165) is 6.07 Å². The Kier molecular flexibility index (Phi) is 3.45. The van der Waals surface area contributed by atoms with Crippen molar-refractivity contribution in [2.75, 3.05) is 0 Å². The first kappa shape index (κ1) is 14.1. The fourth-order valence-electron chi connectivity index (χ4n) is 1.58. The Morgan fingerprint density at radius 2 is 1.61 bits per heavy atom. The van der Waals surface area contributed by atoms with Crippen molar-refractivity contribution in [3.63, 3.8) is 0 Å². The van der Waals surface area contributed by atoms with Crippen LogP contribution in [0.5, 0.6) is 0 Å². The summed E-state index contributed by atoms with van der Waals surface area (Å²) in [4.78, 5) is 20.9. The molecule has 0 saturated heterocycles. The van der Waals surface area contributed by atoms with Crippen molar-refractivity contribution in [1.29, 1.82) is 0 Å². The Morgan fingerprint density at radius 3 is 1.94 bits per heavy atom. The summed E-state index contributed by atoms with van der Waals surface area (Å²) in [5.74, 6) is -3.25. The van der Waals surface area contributed by atoms with Gasteiger partial charge in [-0.2, -0.15) is 8.42 Å². The molecule has 0 amide bonds. The molecule has 0 spiro atoms.